The second-order valence-electron chi connectivity index (χ2n) is 3.82. The Balaban J connectivity index is 2.54. The highest BCUT2D eigenvalue weighted by Crippen LogP contribution is 2.17. The van der Waals surface area contributed by atoms with E-state index in [1.807, 2.05) is 19.1 Å². The van der Waals surface area contributed by atoms with Gasteiger partial charge in [0.05, 0.1) is 5.75 Å². The molecule has 5 nitrogen and oxygen atoms in total. The molecule has 0 unspecified atom stereocenters. The van der Waals surface area contributed by atoms with Crippen molar-refractivity contribution >= 4 is 21.4 Å². The molecule has 0 atom stereocenters. The second kappa shape index (κ2) is 5.88. The van der Waals surface area contributed by atoms with Crippen molar-refractivity contribution in [2.75, 3.05) is 29.9 Å². The molecule has 1 aromatic rings. The summed E-state index contributed by atoms with van der Waals surface area (Å²) in [4.78, 5) is 0. The van der Waals surface area contributed by atoms with Crippen molar-refractivity contribution in [3.63, 3.8) is 0 Å². The molecular formula is C11H19N3O2S. The number of anilines is 2. The van der Waals surface area contributed by atoms with Gasteiger partial charge < -0.3 is 11.1 Å². The topological polar surface area (TPSA) is 84.2 Å². The molecule has 0 radical (unpaired) electrons. The summed E-state index contributed by atoms with van der Waals surface area (Å²) in [6.07, 6.45) is 0. The third-order valence-electron chi connectivity index (χ3n) is 2.31. The summed E-state index contributed by atoms with van der Waals surface area (Å²) in [5.74, 6) is 0.0507. The third kappa shape index (κ3) is 4.62. The first-order chi connectivity index (χ1) is 7.94. The standard InChI is InChI=1S/C11H19N3O2S/c1-3-14-17(15,16)7-6-13-11-8-10(12)5-4-9(11)2/h4-5,8,13-14H,3,6-7,12H2,1-2H3. The minimum atomic E-state index is -3.17. The van der Waals surface area contributed by atoms with Gasteiger partial charge in [-0.05, 0) is 24.6 Å². The Morgan fingerprint density at radius 3 is 2.71 bits per heavy atom. The predicted molar refractivity (Wildman–Crippen MR) is 71.5 cm³/mol. The van der Waals surface area contributed by atoms with E-state index in [1.54, 1.807) is 13.0 Å². The summed E-state index contributed by atoms with van der Waals surface area (Å²) in [6.45, 7) is 4.48. The van der Waals surface area contributed by atoms with Gasteiger partial charge >= 0.3 is 0 Å². The highest BCUT2D eigenvalue weighted by molar-refractivity contribution is 7.89. The quantitative estimate of drug-likeness (QED) is 0.662. The Bertz CT molecular complexity index is 472. The Morgan fingerprint density at radius 2 is 2.06 bits per heavy atom. The van der Waals surface area contributed by atoms with Crippen LogP contribution in [0, 0.1) is 6.92 Å². The van der Waals surface area contributed by atoms with Crippen molar-refractivity contribution < 1.29 is 8.42 Å². The molecule has 0 aliphatic carbocycles. The predicted octanol–water partition coefficient (Wildman–Crippen LogP) is 0.928. The van der Waals surface area contributed by atoms with Gasteiger partial charge in [-0.2, -0.15) is 0 Å². The lowest BCUT2D eigenvalue weighted by Gasteiger charge is -2.10. The van der Waals surface area contributed by atoms with Crippen LogP contribution in [-0.2, 0) is 10.0 Å². The maximum absolute atomic E-state index is 11.4. The van der Waals surface area contributed by atoms with E-state index in [1.165, 1.54) is 0 Å². The van der Waals surface area contributed by atoms with Crippen molar-refractivity contribution in [2.24, 2.45) is 0 Å². The first-order valence-corrected chi connectivity index (χ1v) is 7.17. The Morgan fingerprint density at radius 1 is 1.35 bits per heavy atom. The molecule has 0 fully saturated rings. The lowest BCUT2D eigenvalue weighted by atomic mass is 10.2. The van der Waals surface area contributed by atoms with Crippen LogP contribution in [0.2, 0.25) is 0 Å². The average molecular weight is 257 g/mol. The number of nitrogens with one attached hydrogen (secondary N) is 2. The van der Waals surface area contributed by atoms with E-state index in [9.17, 15) is 8.42 Å². The van der Waals surface area contributed by atoms with Gasteiger partial charge in [0.1, 0.15) is 0 Å². The van der Waals surface area contributed by atoms with E-state index < -0.39 is 10.0 Å². The lowest BCUT2D eigenvalue weighted by molar-refractivity contribution is 0.584. The zero-order chi connectivity index (χ0) is 12.9. The van der Waals surface area contributed by atoms with E-state index in [0.29, 0.717) is 18.8 Å². The highest BCUT2D eigenvalue weighted by atomic mass is 32.2. The minimum Gasteiger partial charge on any atom is -0.399 e. The highest BCUT2D eigenvalue weighted by Gasteiger charge is 2.07. The molecular weight excluding hydrogens is 238 g/mol. The average Bonchev–Trinajstić information content (AvgIpc) is 2.23. The molecule has 0 aromatic heterocycles. The van der Waals surface area contributed by atoms with Gasteiger partial charge in [0.25, 0.3) is 0 Å². The molecule has 1 rings (SSSR count). The fraction of sp³-hybridized carbons (Fsp3) is 0.455. The van der Waals surface area contributed by atoms with Crippen LogP contribution in [-0.4, -0.2) is 27.3 Å². The SMILES string of the molecule is CCNS(=O)(=O)CCNc1cc(N)ccc1C. The van der Waals surface area contributed by atoms with Crippen LogP contribution in [0.4, 0.5) is 11.4 Å². The molecule has 96 valence electrons. The summed E-state index contributed by atoms with van der Waals surface area (Å²) in [7, 11) is -3.17. The van der Waals surface area contributed by atoms with Crippen LogP contribution in [0.3, 0.4) is 0 Å². The normalized spacial score (nSPS) is 11.4. The first kappa shape index (κ1) is 13.8. The number of rotatable bonds is 6. The van der Waals surface area contributed by atoms with Gasteiger partial charge in [-0.15, -0.1) is 0 Å². The van der Waals surface area contributed by atoms with Gasteiger partial charge in [-0.1, -0.05) is 13.0 Å². The van der Waals surface area contributed by atoms with Crippen LogP contribution in [0.5, 0.6) is 0 Å². The van der Waals surface area contributed by atoms with Crippen LogP contribution < -0.4 is 15.8 Å². The van der Waals surface area contributed by atoms with Gasteiger partial charge in [0.2, 0.25) is 10.0 Å². The Hall–Kier alpha value is -1.27. The molecule has 0 spiro atoms. The monoisotopic (exact) mass is 257 g/mol. The van der Waals surface area contributed by atoms with Gasteiger partial charge in [0, 0.05) is 24.5 Å². The largest absolute Gasteiger partial charge is 0.399 e. The maximum Gasteiger partial charge on any atom is 0.213 e. The Kier molecular flexibility index (Phi) is 4.77. The second-order valence-corrected chi connectivity index (χ2v) is 5.74. The number of hydrogen-bond acceptors (Lipinski definition) is 4. The number of nitrogens with two attached hydrogens (primary N) is 1. The molecule has 0 amide bonds. The van der Waals surface area contributed by atoms with Crippen LogP contribution in [0.1, 0.15) is 12.5 Å². The van der Waals surface area contributed by atoms with E-state index in [0.717, 1.165) is 11.3 Å². The van der Waals surface area contributed by atoms with Crippen LogP contribution in [0.25, 0.3) is 0 Å². The van der Waals surface area contributed by atoms with Crippen molar-refractivity contribution in [1.82, 2.24) is 4.72 Å². The third-order valence-corrected chi connectivity index (χ3v) is 3.78. The molecule has 0 aliphatic rings. The summed E-state index contributed by atoms with van der Waals surface area (Å²) in [5.41, 5.74) is 8.24. The fourth-order valence-corrected chi connectivity index (χ4v) is 2.40. The summed E-state index contributed by atoms with van der Waals surface area (Å²) >= 11 is 0. The molecule has 6 heteroatoms. The number of hydrogen-bond donors (Lipinski definition) is 3. The van der Waals surface area contributed by atoms with Crippen LogP contribution >= 0.6 is 0 Å². The number of nitrogen functional groups attached to an aromatic ring is 1. The molecule has 1 aromatic carbocycles. The van der Waals surface area contributed by atoms with Crippen molar-refractivity contribution in [1.29, 1.82) is 0 Å². The summed E-state index contributed by atoms with van der Waals surface area (Å²) < 4.78 is 25.2. The number of sulfonamides is 1. The Labute approximate surface area is 102 Å². The number of aryl methyl sites for hydroxylation is 1. The van der Waals surface area contributed by atoms with E-state index in [2.05, 4.69) is 10.0 Å². The molecule has 0 aliphatic heterocycles. The molecule has 0 bridgehead atoms. The van der Waals surface area contributed by atoms with E-state index in [4.69, 9.17) is 5.73 Å². The van der Waals surface area contributed by atoms with Crippen molar-refractivity contribution in [3.8, 4) is 0 Å². The molecule has 0 saturated carbocycles. The van der Waals surface area contributed by atoms with Gasteiger partial charge in [-0.3, -0.25) is 0 Å². The van der Waals surface area contributed by atoms with Crippen molar-refractivity contribution in [3.05, 3.63) is 23.8 Å². The number of benzene rings is 1. The fourth-order valence-electron chi connectivity index (χ4n) is 1.44. The molecule has 0 heterocycles. The minimum absolute atomic E-state index is 0.0507. The maximum atomic E-state index is 11.4. The lowest BCUT2D eigenvalue weighted by Crippen LogP contribution is -2.29. The summed E-state index contributed by atoms with van der Waals surface area (Å²) in [5, 5.41) is 3.07. The van der Waals surface area contributed by atoms with Gasteiger partial charge in [-0.25, -0.2) is 13.1 Å². The molecule has 4 N–H and O–H groups in total. The van der Waals surface area contributed by atoms with Gasteiger partial charge in [0.15, 0.2) is 0 Å². The first-order valence-electron chi connectivity index (χ1n) is 5.52. The van der Waals surface area contributed by atoms with Crippen LogP contribution in [0.15, 0.2) is 18.2 Å². The molecule has 0 saturated heterocycles. The van der Waals surface area contributed by atoms with Crippen molar-refractivity contribution in [2.45, 2.75) is 13.8 Å². The molecule has 17 heavy (non-hydrogen) atoms. The van der Waals surface area contributed by atoms with E-state index >= 15 is 0 Å². The summed E-state index contributed by atoms with van der Waals surface area (Å²) in [6, 6.07) is 5.52. The zero-order valence-electron chi connectivity index (χ0n) is 10.2. The smallest absolute Gasteiger partial charge is 0.213 e. The van der Waals surface area contributed by atoms with E-state index in [-0.39, 0.29) is 5.75 Å². The zero-order valence-corrected chi connectivity index (χ0v) is 11.0.